The third-order valence-electron chi connectivity index (χ3n) is 8.81. The molecular formula is C40H56N4O8P4. The predicted molar refractivity (Wildman–Crippen MR) is 226 cm³/mol. The zero-order valence-corrected chi connectivity index (χ0v) is 34.6. The number of benzene rings is 4. The molecule has 4 unspecified atom stereocenters. The summed E-state index contributed by atoms with van der Waals surface area (Å²) in [7, 11) is -19.2. The van der Waals surface area contributed by atoms with Crippen molar-refractivity contribution < 1.29 is 48.8 Å². The van der Waals surface area contributed by atoms with Gasteiger partial charge in [-0.05, 0) is 22.3 Å². The molecule has 0 amide bonds. The summed E-state index contributed by atoms with van der Waals surface area (Å²) in [5, 5.41) is 0. The van der Waals surface area contributed by atoms with Crippen LogP contribution in [0.2, 0.25) is 0 Å². The van der Waals surface area contributed by atoms with Crippen LogP contribution < -0.4 is 0 Å². The number of hydrogen-bond acceptors (Lipinski definition) is 8. The Morgan fingerprint density at radius 3 is 0.679 bits per heavy atom. The van der Waals surface area contributed by atoms with E-state index in [1.807, 2.05) is 0 Å². The summed E-state index contributed by atoms with van der Waals surface area (Å²) >= 11 is 0. The number of hydrogen-bond donors (Lipinski definition) is 4. The van der Waals surface area contributed by atoms with Crippen molar-refractivity contribution in [2.45, 2.75) is 24.5 Å². The molecule has 1 aliphatic rings. The molecule has 1 fully saturated rings. The molecule has 0 bridgehead atoms. The highest BCUT2D eigenvalue weighted by molar-refractivity contribution is 7.58. The van der Waals surface area contributed by atoms with E-state index in [-0.39, 0.29) is 74.6 Å². The summed E-state index contributed by atoms with van der Waals surface area (Å²) in [5.74, 6) is 0. The van der Waals surface area contributed by atoms with Crippen molar-refractivity contribution >= 4 is 29.5 Å². The summed E-state index contributed by atoms with van der Waals surface area (Å²) in [6, 6.07) is 29.7. The smallest absolute Gasteiger partial charge is 0.218 e. The molecule has 4 N–H and O–H groups in total. The highest BCUT2D eigenvalue weighted by Gasteiger charge is 2.31. The van der Waals surface area contributed by atoms with Gasteiger partial charge in [0.15, 0.2) is 0 Å². The first kappa shape index (κ1) is 34.4. The Morgan fingerprint density at radius 2 is 0.518 bits per heavy atom. The average molecular weight is 853 g/mol. The Hall–Kier alpha value is -2.52. The summed E-state index contributed by atoms with van der Waals surface area (Å²) < 4.78 is 126. The molecule has 0 saturated carbocycles. The zero-order valence-electron chi connectivity index (χ0n) is 39.0. The highest BCUT2D eigenvalue weighted by Crippen LogP contribution is 2.48. The Balaban J connectivity index is 1.53. The molecule has 16 heteroatoms. The van der Waals surface area contributed by atoms with Crippen LogP contribution in [-0.2, 0) is 42.7 Å². The van der Waals surface area contributed by atoms with Gasteiger partial charge in [0.1, 0.15) is 0 Å². The van der Waals surface area contributed by atoms with Crippen molar-refractivity contribution in [2.75, 3.05) is 77.5 Å². The minimum absolute atomic E-state index is 0.0509. The van der Waals surface area contributed by atoms with Crippen LogP contribution in [0.4, 0.5) is 0 Å². The number of nitrogens with zero attached hydrogens (tertiary/aromatic N) is 4. The van der Waals surface area contributed by atoms with E-state index in [2.05, 4.69) is 0 Å². The van der Waals surface area contributed by atoms with Crippen LogP contribution in [0.3, 0.4) is 0 Å². The highest BCUT2D eigenvalue weighted by atomic mass is 31.2. The van der Waals surface area contributed by atoms with E-state index < -0.39 is 79.1 Å². The van der Waals surface area contributed by atoms with E-state index >= 15 is 0 Å². The van der Waals surface area contributed by atoms with Gasteiger partial charge in [-0.2, -0.15) is 0 Å². The molecule has 4 aromatic rings. The fourth-order valence-corrected chi connectivity index (χ4v) is 12.0. The molecule has 4 atom stereocenters. The van der Waals surface area contributed by atoms with Crippen LogP contribution in [0, 0.1) is 0 Å². The molecule has 1 heterocycles. The van der Waals surface area contributed by atoms with E-state index in [0.717, 1.165) is 0 Å². The zero-order chi connectivity index (χ0) is 47.2. The average Bonchev–Trinajstić information content (AvgIpc) is 3.25. The fourth-order valence-electron chi connectivity index (χ4n) is 6.23. The second-order valence-electron chi connectivity index (χ2n) is 13.8. The maximum atomic E-state index is 14.1. The Labute approximate surface area is 342 Å². The maximum Gasteiger partial charge on any atom is 0.218 e. The fraction of sp³-hybridized carbons (Fsp3) is 0.400. The first-order chi connectivity index (χ1) is 29.7. The van der Waals surface area contributed by atoms with Gasteiger partial charge < -0.3 is 19.6 Å². The van der Waals surface area contributed by atoms with Gasteiger partial charge in [-0.1, -0.05) is 121 Å². The SMILES string of the molecule is [2H]C([2H])(c1ccccc1)P(=O)(O)CN1CCN(CP(=O)(O)C([2H])([2H])c2ccccc2)CCN(CP(=O)(O)C([2H])([2H])c2ccccc2)CCN(CP(=O)(O)C([2H])([2H])c2ccccc2)CC1. The molecule has 12 nitrogen and oxygen atoms in total. The molecule has 1 saturated heterocycles. The van der Waals surface area contributed by atoms with E-state index in [0.29, 0.717) is 0 Å². The largest absolute Gasteiger partial charge is 0.343 e. The quantitative estimate of drug-likeness (QED) is 0.0863. The van der Waals surface area contributed by atoms with Crippen molar-refractivity contribution in [3.8, 4) is 0 Å². The van der Waals surface area contributed by atoms with Crippen molar-refractivity contribution in [3.05, 3.63) is 144 Å². The minimum Gasteiger partial charge on any atom is -0.343 e. The van der Waals surface area contributed by atoms with Gasteiger partial charge in [-0.3, -0.25) is 37.9 Å². The molecule has 1 aliphatic heterocycles. The van der Waals surface area contributed by atoms with E-state index in [1.54, 1.807) is 24.3 Å². The Bertz CT molecular complexity index is 2010. The van der Waals surface area contributed by atoms with Crippen LogP contribution in [-0.4, -0.2) is 117 Å². The van der Waals surface area contributed by atoms with Crippen molar-refractivity contribution in [1.82, 2.24) is 19.6 Å². The number of rotatable bonds is 16. The molecule has 0 aliphatic carbocycles. The lowest BCUT2D eigenvalue weighted by molar-refractivity contribution is 0.158. The summed E-state index contributed by atoms with van der Waals surface area (Å²) in [4.78, 5) is 51.5. The first-order valence-corrected chi connectivity index (χ1v) is 25.5. The van der Waals surface area contributed by atoms with Crippen LogP contribution in [0.15, 0.2) is 121 Å². The van der Waals surface area contributed by atoms with Gasteiger partial charge in [-0.15, -0.1) is 0 Å². The predicted octanol–water partition coefficient (Wildman–Crippen LogP) is 6.92. The van der Waals surface area contributed by atoms with Crippen LogP contribution >= 0.6 is 29.5 Å². The molecule has 304 valence electrons. The third kappa shape index (κ3) is 16.4. The van der Waals surface area contributed by atoms with E-state index in [1.165, 1.54) is 117 Å². The lowest BCUT2D eigenvalue weighted by Crippen LogP contribution is -2.46. The van der Waals surface area contributed by atoms with Gasteiger partial charge in [0.05, 0.1) is 49.6 Å². The van der Waals surface area contributed by atoms with Gasteiger partial charge >= 0.3 is 0 Å². The van der Waals surface area contributed by atoms with Crippen LogP contribution in [0.25, 0.3) is 0 Å². The lowest BCUT2D eigenvalue weighted by Gasteiger charge is -2.36. The minimum atomic E-state index is -4.80. The van der Waals surface area contributed by atoms with Crippen LogP contribution in [0.1, 0.15) is 33.2 Å². The molecule has 56 heavy (non-hydrogen) atoms. The third-order valence-corrected chi connectivity index (χ3v) is 14.4. The molecule has 0 radical (unpaired) electrons. The Kier molecular flexibility index (Phi) is 12.9. The molecule has 0 aromatic heterocycles. The topological polar surface area (TPSA) is 162 Å². The van der Waals surface area contributed by atoms with Gasteiger partial charge in [-0.25, -0.2) is 0 Å². The van der Waals surface area contributed by atoms with E-state index in [4.69, 9.17) is 11.0 Å². The Morgan fingerprint density at radius 1 is 0.357 bits per heavy atom. The van der Waals surface area contributed by atoms with Gasteiger partial charge in [0, 0.05) is 63.3 Å². The maximum absolute atomic E-state index is 14.1. The van der Waals surface area contributed by atoms with Crippen molar-refractivity contribution in [2.24, 2.45) is 0 Å². The monoisotopic (exact) mass is 852 g/mol. The first-order valence-electron chi connectivity index (χ1n) is 22.1. The molecule has 0 spiro atoms. The molecule has 4 aromatic carbocycles. The van der Waals surface area contributed by atoms with Gasteiger partial charge in [0.25, 0.3) is 0 Å². The second-order valence-corrected chi connectivity index (χ2v) is 21.4. The summed E-state index contributed by atoms with van der Waals surface area (Å²) in [5.41, 5.74) is -0.203. The standard InChI is InChI=1S/C40H56N4O8P4/c45-53(46,29-37-13-5-1-6-14-37)33-41-21-23-42(34-54(47,48)30-38-15-7-2-8-16-38)25-27-44(36-56(51,52)32-40-19-11-4-12-20-40)28-26-43(24-22-41)35-55(49,50)31-39-17-9-3-10-18-39/h1-20H,21-36H2,(H,45,46)(H,47,48)(H,49,50)(H,51,52)/i29D2,30D2,31D2,32D2. The summed E-state index contributed by atoms with van der Waals surface area (Å²) in [6.07, 6.45) is -13.9. The molecular weight excluding hydrogens is 788 g/mol. The van der Waals surface area contributed by atoms with Gasteiger partial charge in [0.2, 0.25) is 29.5 Å². The lowest BCUT2D eigenvalue weighted by atomic mass is 10.2. The van der Waals surface area contributed by atoms with E-state index in [9.17, 15) is 37.8 Å². The van der Waals surface area contributed by atoms with Crippen molar-refractivity contribution in [1.29, 1.82) is 0 Å². The summed E-state index contributed by atoms with van der Waals surface area (Å²) in [6.45, 7) is -1.38. The second kappa shape index (κ2) is 20.9. The normalized spacial score (nSPS) is 23.5. The van der Waals surface area contributed by atoms with Crippen molar-refractivity contribution in [3.63, 3.8) is 0 Å². The van der Waals surface area contributed by atoms with Crippen LogP contribution in [0.5, 0.6) is 0 Å². The molecule has 5 rings (SSSR count).